The zero-order valence-electron chi connectivity index (χ0n) is 10.8. The van der Waals surface area contributed by atoms with Gasteiger partial charge in [-0.2, -0.15) is 5.10 Å². The number of hydrogen-bond donors (Lipinski definition) is 1. The average molecular weight is 297 g/mol. The van der Waals surface area contributed by atoms with Crippen molar-refractivity contribution in [3.63, 3.8) is 0 Å². The van der Waals surface area contributed by atoms with Gasteiger partial charge in [0.1, 0.15) is 0 Å². The normalized spacial score (nSPS) is 10.6. The summed E-state index contributed by atoms with van der Waals surface area (Å²) in [7, 11) is 0. The lowest BCUT2D eigenvalue weighted by molar-refractivity contribution is -0.116. The molecule has 0 aliphatic carbocycles. The molecule has 0 spiro atoms. The van der Waals surface area contributed by atoms with Crippen molar-refractivity contribution >= 4 is 34.1 Å². The van der Waals surface area contributed by atoms with Crippen LogP contribution in [0.4, 0.5) is 5.13 Å². The summed E-state index contributed by atoms with van der Waals surface area (Å²) in [6.45, 7) is 4.54. The summed E-state index contributed by atoms with van der Waals surface area (Å²) < 4.78 is 2.63. The monoisotopic (exact) mass is 297 g/mol. The Morgan fingerprint density at radius 1 is 1.53 bits per heavy atom. The third-order valence-corrected chi connectivity index (χ3v) is 4.12. The van der Waals surface area contributed by atoms with E-state index in [9.17, 15) is 4.79 Å². The molecule has 0 radical (unpaired) electrons. The number of nitrogens with zero attached hydrogens (tertiary/aromatic N) is 4. The number of hydrogen-bond acceptors (Lipinski definition) is 6. The summed E-state index contributed by atoms with van der Waals surface area (Å²) in [6, 6.07) is 1.91. The second-order valence-electron chi connectivity index (χ2n) is 3.82. The van der Waals surface area contributed by atoms with E-state index in [1.165, 1.54) is 11.3 Å². The lowest BCUT2D eigenvalue weighted by Gasteiger charge is -2.01. The molecule has 2 heterocycles. The highest BCUT2D eigenvalue weighted by Crippen LogP contribution is 2.24. The number of carbonyl (C=O) groups excluding carboxylic acids is 1. The number of rotatable bonds is 6. The van der Waals surface area contributed by atoms with Crippen LogP contribution in [-0.2, 0) is 11.3 Å². The molecule has 19 heavy (non-hydrogen) atoms. The minimum atomic E-state index is -0.0719. The van der Waals surface area contributed by atoms with Gasteiger partial charge < -0.3 is 5.32 Å². The van der Waals surface area contributed by atoms with Crippen LogP contribution in [-0.4, -0.2) is 31.6 Å². The van der Waals surface area contributed by atoms with Crippen LogP contribution >= 0.6 is 23.1 Å². The minimum Gasteiger partial charge on any atom is -0.300 e. The van der Waals surface area contributed by atoms with Crippen LogP contribution in [0.15, 0.2) is 16.6 Å². The van der Waals surface area contributed by atoms with Gasteiger partial charge in [-0.1, -0.05) is 30.0 Å². The van der Waals surface area contributed by atoms with E-state index in [0.29, 0.717) is 18.1 Å². The van der Waals surface area contributed by atoms with Crippen molar-refractivity contribution < 1.29 is 4.79 Å². The number of aryl methyl sites for hydroxylation is 2. The van der Waals surface area contributed by atoms with Gasteiger partial charge >= 0.3 is 0 Å². The van der Waals surface area contributed by atoms with Gasteiger partial charge in [0, 0.05) is 19.2 Å². The van der Waals surface area contributed by atoms with Crippen molar-refractivity contribution in [2.45, 2.75) is 31.2 Å². The summed E-state index contributed by atoms with van der Waals surface area (Å²) in [5.74, 6) is 0.874. The third kappa shape index (κ3) is 4.32. The summed E-state index contributed by atoms with van der Waals surface area (Å²) >= 11 is 3.01. The fraction of sp³-hybridized carbons (Fsp3) is 0.455. The number of thioether (sulfide) groups is 1. The summed E-state index contributed by atoms with van der Waals surface area (Å²) in [4.78, 5) is 11.7. The fourth-order valence-electron chi connectivity index (χ4n) is 1.43. The summed E-state index contributed by atoms with van der Waals surface area (Å²) in [6.07, 6.45) is 2.24. The van der Waals surface area contributed by atoms with E-state index < -0.39 is 0 Å². The lowest BCUT2D eigenvalue weighted by Crippen LogP contribution is -2.14. The Bertz CT molecular complexity index is 551. The standard InChI is InChI=1S/C11H15N5OS2/c1-3-18-11-14-13-10(19-11)12-9(17)5-7-16-6-4-8(2)15-16/h4,6H,3,5,7H2,1-2H3,(H,12,13,17). The molecular formula is C11H15N5OS2. The van der Waals surface area contributed by atoms with Crippen LogP contribution in [0, 0.1) is 6.92 Å². The molecule has 0 aliphatic heterocycles. The van der Waals surface area contributed by atoms with E-state index in [1.54, 1.807) is 16.4 Å². The number of amides is 1. The highest BCUT2D eigenvalue weighted by atomic mass is 32.2. The molecule has 2 rings (SSSR count). The van der Waals surface area contributed by atoms with Crippen LogP contribution in [0.5, 0.6) is 0 Å². The van der Waals surface area contributed by atoms with Gasteiger partial charge in [-0.15, -0.1) is 10.2 Å². The number of nitrogens with one attached hydrogen (secondary N) is 1. The van der Waals surface area contributed by atoms with Crippen LogP contribution in [0.3, 0.4) is 0 Å². The van der Waals surface area contributed by atoms with E-state index in [4.69, 9.17) is 0 Å². The molecule has 0 aromatic carbocycles. The maximum atomic E-state index is 11.7. The molecule has 0 bridgehead atoms. The zero-order valence-corrected chi connectivity index (χ0v) is 12.4. The molecule has 2 aromatic rings. The molecule has 8 heteroatoms. The fourth-order valence-corrected chi connectivity index (χ4v) is 3.09. The van der Waals surface area contributed by atoms with Crippen molar-refractivity contribution in [1.29, 1.82) is 0 Å². The highest BCUT2D eigenvalue weighted by molar-refractivity contribution is 8.01. The Morgan fingerprint density at radius 3 is 3.05 bits per heavy atom. The Kier molecular flexibility index (Phi) is 4.92. The molecule has 6 nitrogen and oxygen atoms in total. The number of carbonyl (C=O) groups is 1. The number of aromatic nitrogens is 4. The van der Waals surface area contributed by atoms with E-state index in [2.05, 4.69) is 27.5 Å². The largest absolute Gasteiger partial charge is 0.300 e. The second kappa shape index (κ2) is 6.67. The molecule has 0 atom stereocenters. The van der Waals surface area contributed by atoms with Gasteiger partial charge in [0.25, 0.3) is 0 Å². The van der Waals surface area contributed by atoms with Crippen molar-refractivity contribution in [3.8, 4) is 0 Å². The quantitative estimate of drug-likeness (QED) is 0.653. The maximum Gasteiger partial charge on any atom is 0.228 e. The molecule has 0 aliphatic rings. The van der Waals surface area contributed by atoms with Gasteiger partial charge in [0.2, 0.25) is 11.0 Å². The van der Waals surface area contributed by atoms with Crippen molar-refractivity contribution in [2.24, 2.45) is 0 Å². The van der Waals surface area contributed by atoms with Gasteiger partial charge in [-0.05, 0) is 18.7 Å². The first-order valence-corrected chi connectivity index (χ1v) is 7.74. The Morgan fingerprint density at radius 2 is 2.37 bits per heavy atom. The molecule has 102 valence electrons. The first kappa shape index (κ1) is 14.0. The molecule has 2 aromatic heterocycles. The van der Waals surface area contributed by atoms with Crippen LogP contribution in [0.2, 0.25) is 0 Å². The SMILES string of the molecule is CCSc1nnc(NC(=O)CCn2ccc(C)n2)s1. The van der Waals surface area contributed by atoms with Crippen LogP contribution in [0.1, 0.15) is 19.0 Å². The van der Waals surface area contributed by atoms with Crippen LogP contribution in [0.25, 0.3) is 0 Å². The molecule has 1 N–H and O–H groups in total. The van der Waals surface area contributed by atoms with Gasteiger partial charge in [0.15, 0.2) is 4.34 Å². The van der Waals surface area contributed by atoms with Crippen molar-refractivity contribution in [2.75, 3.05) is 11.1 Å². The third-order valence-electron chi connectivity index (χ3n) is 2.26. The van der Waals surface area contributed by atoms with Gasteiger partial charge in [0.05, 0.1) is 5.69 Å². The molecule has 0 saturated heterocycles. The zero-order chi connectivity index (χ0) is 13.7. The van der Waals surface area contributed by atoms with Crippen molar-refractivity contribution in [3.05, 3.63) is 18.0 Å². The second-order valence-corrected chi connectivity index (χ2v) is 6.31. The van der Waals surface area contributed by atoms with Crippen molar-refractivity contribution in [1.82, 2.24) is 20.0 Å². The van der Waals surface area contributed by atoms with Gasteiger partial charge in [-0.3, -0.25) is 9.48 Å². The lowest BCUT2D eigenvalue weighted by atomic mass is 10.4. The minimum absolute atomic E-state index is 0.0719. The predicted octanol–water partition coefficient (Wildman–Crippen LogP) is 2.18. The van der Waals surface area contributed by atoms with E-state index in [0.717, 1.165) is 15.8 Å². The first-order chi connectivity index (χ1) is 9.17. The highest BCUT2D eigenvalue weighted by Gasteiger charge is 2.08. The number of anilines is 1. The Labute approximate surface area is 119 Å². The van der Waals surface area contributed by atoms with E-state index >= 15 is 0 Å². The van der Waals surface area contributed by atoms with E-state index in [-0.39, 0.29) is 5.91 Å². The summed E-state index contributed by atoms with van der Waals surface area (Å²) in [5, 5.41) is 15.4. The Hall–Kier alpha value is -1.41. The Balaban J connectivity index is 1.80. The molecule has 1 amide bonds. The van der Waals surface area contributed by atoms with Crippen LogP contribution < -0.4 is 5.32 Å². The van der Waals surface area contributed by atoms with E-state index in [1.807, 2.05) is 19.2 Å². The molecule has 0 fully saturated rings. The molecular weight excluding hydrogens is 282 g/mol. The van der Waals surface area contributed by atoms with Gasteiger partial charge in [-0.25, -0.2) is 0 Å². The maximum absolute atomic E-state index is 11.7. The predicted molar refractivity (Wildman–Crippen MR) is 76.5 cm³/mol. The smallest absolute Gasteiger partial charge is 0.228 e. The molecule has 0 saturated carbocycles. The average Bonchev–Trinajstić information content (AvgIpc) is 2.97. The first-order valence-electron chi connectivity index (χ1n) is 5.93. The summed E-state index contributed by atoms with van der Waals surface area (Å²) in [5.41, 5.74) is 0.950. The molecule has 0 unspecified atom stereocenters. The topological polar surface area (TPSA) is 72.7 Å².